The van der Waals surface area contributed by atoms with Gasteiger partial charge in [0.2, 0.25) is 0 Å². The molecule has 1 fully saturated rings. The number of benzene rings is 2. The third kappa shape index (κ3) is 2.73. The zero-order valence-electron chi connectivity index (χ0n) is 13.1. The first-order chi connectivity index (χ1) is 11.6. The van der Waals surface area contributed by atoms with E-state index in [-0.39, 0.29) is 5.91 Å². The molecule has 122 valence electrons. The lowest BCUT2D eigenvalue weighted by atomic mass is 10.1. The monoisotopic (exact) mass is 322 g/mol. The van der Waals surface area contributed by atoms with Crippen LogP contribution in [0.1, 0.15) is 29.8 Å². The van der Waals surface area contributed by atoms with Crippen LogP contribution in [0.5, 0.6) is 0 Å². The van der Waals surface area contributed by atoms with E-state index in [4.69, 9.17) is 0 Å². The highest BCUT2D eigenvalue weighted by molar-refractivity contribution is 6.10. The number of carbonyl (C=O) groups is 2. The Morgan fingerprint density at radius 3 is 2.71 bits per heavy atom. The Hall–Kier alpha value is -2.82. The molecule has 2 aromatic carbocycles. The van der Waals surface area contributed by atoms with E-state index in [0.29, 0.717) is 18.0 Å². The van der Waals surface area contributed by atoms with Crippen LogP contribution in [-0.2, 0) is 4.79 Å². The number of aromatic nitrogens is 1. The van der Waals surface area contributed by atoms with Crippen LogP contribution in [0.3, 0.4) is 0 Å². The Labute approximate surface area is 138 Å². The highest BCUT2D eigenvalue weighted by atomic mass is 16.4. The van der Waals surface area contributed by atoms with Crippen molar-refractivity contribution < 1.29 is 14.7 Å². The Balaban J connectivity index is 1.64. The number of H-pyrrole nitrogens is 1. The summed E-state index contributed by atoms with van der Waals surface area (Å²) in [5.74, 6) is -0.918. The average molecular weight is 322 g/mol. The largest absolute Gasteiger partial charge is 0.480 e. The number of nitrogens with one attached hydrogen (secondary N) is 2. The zero-order chi connectivity index (χ0) is 16.7. The predicted molar refractivity (Wildman–Crippen MR) is 92.0 cm³/mol. The molecule has 1 unspecified atom stereocenters. The Kier molecular flexibility index (Phi) is 3.49. The maximum Gasteiger partial charge on any atom is 0.326 e. The number of carbonyl (C=O) groups excluding carboxylic acids is 1. The molecule has 1 aliphatic rings. The van der Waals surface area contributed by atoms with Crippen LogP contribution in [-0.4, -0.2) is 28.0 Å². The molecule has 0 saturated heterocycles. The van der Waals surface area contributed by atoms with E-state index in [0.717, 1.165) is 34.5 Å². The normalized spacial score (nSPS) is 15.5. The summed E-state index contributed by atoms with van der Waals surface area (Å²) >= 11 is 0. The first-order valence-electron chi connectivity index (χ1n) is 8.16. The van der Waals surface area contributed by atoms with Crippen molar-refractivity contribution in [1.82, 2.24) is 10.3 Å². The maximum absolute atomic E-state index is 12.5. The lowest BCUT2D eigenvalue weighted by Crippen LogP contribution is -2.41. The lowest BCUT2D eigenvalue weighted by molar-refractivity contribution is -0.139. The summed E-state index contributed by atoms with van der Waals surface area (Å²) < 4.78 is 0. The topological polar surface area (TPSA) is 82.2 Å². The highest BCUT2D eigenvalue weighted by Gasteiger charge is 2.30. The van der Waals surface area contributed by atoms with E-state index >= 15 is 0 Å². The van der Waals surface area contributed by atoms with Gasteiger partial charge in [0.25, 0.3) is 5.91 Å². The van der Waals surface area contributed by atoms with Gasteiger partial charge in [-0.15, -0.1) is 0 Å². The molecule has 1 heterocycles. The molecule has 1 amide bonds. The van der Waals surface area contributed by atoms with Crippen molar-refractivity contribution >= 4 is 33.6 Å². The molecule has 1 aliphatic carbocycles. The highest BCUT2D eigenvalue weighted by Crippen LogP contribution is 2.33. The summed E-state index contributed by atoms with van der Waals surface area (Å²) in [5, 5.41) is 15.1. The molecular formula is C19H18N2O3. The number of aromatic amines is 1. The fraction of sp³-hybridized carbons (Fsp3) is 0.263. The molecule has 0 aliphatic heterocycles. The fourth-order valence-corrected chi connectivity index (χ4v) is 3.15. The molecule has 4 rings (SSSR count). The molecule has 1 atom stereocenters. The number of hydrogen-bond donors (Lipinski definition) is 3. The van der Waals surface area contributed by atoms with Crippen molar-refractivity contribution in [1.29, 1.82) is 0 Å². The van der Waals surface area contributed by atoms with Gasteiger partial charge >= 0.3 is 5.97 Å². The van der Waals surface area contributed by atoms with Crippen LogP contribution < -0.4 is 5.32 Å². The Bertz CT molecular complexity index is 940. The Morgan fingerprint density at radius 1 is 1.17 bits per heavy atom. The summed E-state index contributed by atoms with van der Waals surface area (Å²) in [5.41, 5.74) is 1.26. The number of rotatable bonds is 5. The summed E-state index contributed by atoms with van der Waals surface area (Å²) in [6.45, 7) is 0. The third-order valence-electron chi connectivity index (χ3n) is 4.64. The summed E-state index contributed by atoms with van der Waals surface area (Å²) in [4.78, 5) is 26.9. The van der Waals surface area contributed by atoms with Crippen molar-refractivity contribution in [2.45, 2.75) is 25.3 Å². The quantitative estimate of drug-likeness (QED) is 0.674. The van der Waals surface area contributed by atoms with Crippen LogP contribution in [0, 0.1) is 5.92 Å². The summed E-state index contributed by atoms with van der Waals surface area (Å²) in [7, 11) is 0. The van der Waals surface area contributed by atoms with Gasteiger partial charge in [-0.1, -0.05) is 43.2 Å². The average Bonchev–Trinajstić information content (AvgIpc) is 3.28. The molecular weight excluding hydrogens is 304 g/mol. The number of carboxylic acid groups (broad SMARTS) is 1. The van der Waals surface area contributed by atoms with Gasteiger partial charge in [-0.2, -0.15) is 0 Å². The smallest absolute Gasteiger partial charge is 0.326 e. The third-order valence-corrected chi connectivity index (χ3v) is 4.64. The van der Waals surface area contributed by atoms with Crippen LogP contribution in [0.15, 0.2) is 42.5 Å². The molecule has 0 spiro atoms. The number of hydrogen-bond acceptors (Lipinski definition) is 2. The van der Waals surface area contributed by atoms with E-state index in [9.17, 15) is 14.7 Å². The lowest BCUT2D eigenvalue weighted by Gasteiger charge is -2.13. The number of aliphatic carboxylic acids is 1. The van der Waals surface area contributed by atoms with E-state index < -0.39 is 12.0 Å². The molecule has 3 aromatic rings. The second-order valence-electron chi connectivity index (χ2n) is 6.47. The number of carboxylic acids is 1. The minimum atomic E-state index is -0.975. The Morgan fingerprint density at radius 2 is 1.96 bits per heavy atom. The van der Waals surface area contributed by atoms with E-state index in [2.05, 4.69) is 10.3 Å². The second-order valence-corrected chi connectivity index (χ2v) is 6.47. The van der Waals surface area contributed by atoms with Gasteiger partial charge in [-0.25, -0.2) is 4.79 Å². The van der Waals surface area contributed by atoms with E-state index in [1.54, 1.807) is 6.07 Å². The van der Waals surface area contributed by atoms with Crippen LogP contribution in [0.4, 0.5) is 0 Å². The van der Waals surface area contributed by atoms with Crippen LogP contribution >= 0.6 is 0 Å². The maximum atomic E-state index is 12.5. The molecule has 5 nitrogen and oxygen atoms in total. The standard InChI is InChI=1S/C19H18N2O3/c22-18(21-17(19(23)24)9-11-5-6-11)16-10-14-13-4-2-1-3-12(13)7-8-15(14)20-16/h1-4,7-8,10-11,17,20H,5-6,9H2,(H,21,22)(H,23,24). The number of amides is 1. The zero-order valence-corrected chi connectivity index (χ0v) is 13.1. The van der Waals surface area contributed by atoms with Crippen molar-refractivity contribution in [3.8, 4) is 0 Å². The molecule has 5 heteroatoms. The predicted octanol–water partition coefficient (Wildman–Crippen LogP) is 3.30. The first kappa shape index (κ1) is 14.8. The minimum absolute atomic E-state index is 0.372. The molecule has 0 radical (unpaired) electrons. The van der Waals surface area contributed by atoms with Crippen molar-refractivity contribution in [3.63, 3.8) is 0 Å². The van der Waals surface area contributed by atoms with Gasteiger partial charge in [-0.3, -0.25) is 4.79 Å². The first-order valence-corrected chi connectivity index (χ1v) is 8.16. The van der Waals surface area contributed by atoms with Crippen LogP contribution in [0.2, 0.25) is 0 Å². The fourth-order valence-electron chi connectivity index (χ4n) is 3.15. The number of fused-ring (bicyclic) bond motifs is 3. The molecule has 24 heavy (non-hydrogen) atoms. The van der Waals surface area contributed by atoms with Gasteiger partial charge in [0.1, 0.15) is 11.7 Å². The van der Waals surface area contributed by atoms with E-state index in [1.807, 2.05) is 36.4 Å². The summed E-state index contributed by atoms with van der Waals surface area (Å²) in [6, 6.07) is 12.9. The van der Waals surface area contributed by atoms with E-state index in [1.165, 1.54) is 0 Å². The van der Waals surface area contributed by atoms with Gasteiger partial charge in [0.05, 0.1) is 0 Å². The second kappa shape index (κ2) is 5.67. The SMILES string of the molecule is O=C(NC(CC1CC1)C(=O)O)c1cc2c(ccc3ccccc32)[nH]1. The summed E-state index contributed by atoms with van der Waals surface area (Å²) in [6.07, 6.45) is 2.61. The van der Waals surface area contributed by atoms with Crippen molar-refractivity contribution in [2.75, 3.05) is 0 Å². The molecule has 0 bridgehead atoms. The van der Waals surface area contributed by atoms with Gasteiger partial charge < -0.3 is 15.4 Å². The molecule has 3 N–H and O–H groups in total. The van der Waals surface area contributed by atoms with Gasteiger partial charge in [-0.05, 0) is 35.2 Å². The van der Waals surface area contributed by atoms with Crippen molar-refractivity contribution in [2.24, 2.45) is 5.92 Å². The molecule has 1 aromatic heterocycles. The van der Waals surface area contributed by atoms with Gasteiger partial charge in [0, 0.05) is 10.9 Å². The van der Waals surface area contributed by atoms with Crippen molar-refractivity contribution in [3.05, 3.63) is 48.2 Å². The molecule has 1 saturated carbocycles. The minimum Gasteiger partial charge on any atom is -0.480 e. The van der Waals surface area contributed by atoms with Crippen LogP contribution in [0.25, 0.3) is 21.7 Å². The van der Waals surface area contributed by atoms with Gasteiger partial charge in [0.15, 0.2) is 0 Å².